The van der Waals surface area contributed by atoms with E-state index in [-0.39, 0.29) is 12.5 Å². The molecule has 0 saturated heterocycles. The maximum Gasteiger partial charge on any atom is 0.337 e. The van der Waals surface area contributed by atoms with E-state index in [4.69, 9.17) is 9.47 Å². The maximum absolute atomic E-state index is 12.2. The highest BCUT2D eigenvalue weighted by atomic mass is 16.5. The molecule has 0 bridgehead atoms. The van der Waals surface area contributed by atoms with E-state index in [2.05, 4.69) is 11.4 Å². The highest BCUT2D eigenvalue weighted by Gasteiger charge is 2.12. The summed E-state index contributed by atoms with van der Waals surface area (Å²) in [5.74, 6) is -0.0334. The first kappa shape index (κ1) is 18.5. The molecule has 1 amide bonds. The summed E-state index contributed by atoms with van der Waals surface area (Å²) in [6, 6.07) is 9.01. The van der Waals surface area contributed by atoms with Crippen LogP contribution >= 0.6 is 0 Å². The van der Waals surface area contributed by atoms with Gasteiger partial charge in [-0.2, -0.15) is 0 Å². The molecule has 0 atom stereocenters. The van der Waals surface area contributed by atoms with Crippen LogP contribution in [0.2, 0.25) is 0 Å². The SMILES string of the molecule is COC(=O)c1ccc(C)c(NC(=O)COc2cc(C)cc(C)c2C)c1. The summed E-state index contributed by atoms with van der Waals surface area (Å²) < 4.78 is 10.4. The Hall–Kier alpha value is -2.82. The molecule has 0 aliphatic heterocycles. The first-order valence-corrected chi connectivity index (χ1v) is 8.01. The number of hydrogen-bond acceptors (Lipinski definition) is 4. The van der Waals surface area contributed by atoms with Gasteiger partial charge in [-0.1, -0.05) is 12.1 Å². The van der Waals surface area contributed by atoms with Crippen LogP contribution < -0.4 is 10.1 Å². The molecule has 5 heteroatoms. The monoisotopic (exact) mass is 341 g/mol. The van der Waals surface area contributed by atoms with Crippen molar-refractivity contribution in [3.8, 4) is 5.75 Å². The van der Waals surface area contributed by atoms with Crippen molar-refractivity contribution in [2.24, 2.45) is 0 Å². The smallest absolute Gasteiger partial charge is 0.337 e. The zero-order valence-corrected chi connectivity index (χ0v) is 15.2. The fourth-order valence-electron chi connectivity index (χ4n) is 2.48. The summed E-state index contributed by atoms with van der Waals surface area (Å²) in [5.41, 5.74) is 5.02. The molecular weight excluding hydrogens is 318 g/mol. The number of aryl methyl sites for hydroxylation is 3. The number of hydrogen-bond donors (Lipinski definition) is 1. The highest BCUT2D eigenvalue weighted by molar-refractivity contribution is 5.95. The number of rotatable bonds is 5. The summed E-state index contributed by atoms with van der Waals surface area (Å²) in [6.45, 7) is 7.71. The number of ether oxygens (including phenoxy) is 2. The van der Waals surface area contributed by atoms with Crippen molar-refractivity contribution < 1.29 is 19.1 Å². The summed E-state index contributed by atoms with van der Waals surface area (Å²) >= 11 is 0. The average molecular weight is 341 g/mol. The Labute approximate surface area is 148 Å². The number of carbonyl (C=O) groups excluding carboxylic acids is 2. The Balaban J connectivity index is 2.07. The van der Waals surface area contributed by atoms with Crippen LogP contribution in [0.5, 0.6) is 5.75 Å². The molecule has 0 fully saturated rings. The number of benzene rings is 2. The predicted molar refractivity (Wildman–Crippen MR) is 97.3 cm³/mol. The second kappa shape index (κ2) is 7.83. The van der Waals surface area contributed by atoms with Gasteiger partial charge in [0.15, 0.2) is 6.61 Å². The molecule has 1 N–H and O–H groups in total. The number of amides is 1. The molecule has 0 aliphatic carbocycles. The third-order valence-corrected chi connectivity index (χ3v) is 4.06. The topological polar surface area (TPSA) is 64.6 Å². The molecular formula is C20H23NO4. The van der Waals surface area contributed by atoms with Gasteiger partial charge in [0.1, 0.15) is 5.75 Å². The molecule has 5 nitrogen and oxygen atoms in total. The average Bonchev–Trinajstić information content (AvgIpc) is 2.58. The Morgan fingerprint density at radius 1 is 1.00 bits per heavy atom. The van der Waals surface area contributed by atoms with Gasteiger partial charge in [0.2, 0.25) is 0 Å². The number of methoxy groups -OCH3 is 1. The van der Waals surface area contributed by atoms with Gasteiger partial charge in [0, 0.05) is 5.69 Å². The van der Waals surface area contributed by atoms with Crippen LogP contribution in [0.25, 0.3) is 0 Å². The van der Waals surface area contributed by atoms with Crippen LogP contribution in [0.1, 0.15) is 32.6 Å². The standard InChI is InChI=1S/C20H23NO4/c1-12-8-14(3)15(4)18(9-12)25-11-19(22)21-17-10-16(20(23)24-5)7-6-13(17)2/h6-10H,11H2,1-5H3,(H,21,22). The Morgan fingerprint density at radius 3 is 2.40 bits per heavy atom. The first-order valence-electron chi connectivity index (χ1n) is 8.01. The quantitative estimate of drug-likeness (QED) is 0.842. The summed E-state index contributed by atoms with van der Waals surface area (Å²) in [4.78, 5) is 23.8. The molecule has 0 spiro atoms. The van der Waals surface area contributed by atoms with Gasteiger partial charge in [0.05, 0.1) is 12.7 Å². The van der Waals surface area contributed by atoms with Gasteiger partial charge in [-0.05, 0) is 68.1 Å². The van der Waals surface area contributed by atoms with Crippen LogP contribution in [-0.4, -0.2) is 25.6 Å². The molecule has 25 heavy (non-hydrogen) atoms. The molecule has 0 unspecified atom stereocenters. The van der Waals surface area contributed by atoms with Gasteiger partial charge in [-0.3, -0.25) is 4.79 Å². The van der Waals surface area contributed by atoms with Crippen molar-refractivity contribution in [2.45, 2.75) is 27.7 Å². The third-order valence-electron chi connectivity index (χ3n) is 4.06. The summed E-state index contributed by atoms with van der Waals surface area (Å²) in [7, 11) is 1.32. The lowest BCUT2D eigenvalue weighted by Gasteiger charge is -2.13. The second-order valence-electron chi connectivity index (χ2n) is 6.06. The van der Waals surface area contributed by atoms with Crippen molar-refractivity contribution >= 4 is 17.6 Å². The van der Waals surface area contributed by atoms with Crippen molar-refractivity contribution in [1.29, 1.82) is 0 Å². The van der Waals surface area contributed by atoms with E-state index in [1.165, 1.54) is 7.11 Å². The van der Waals surface area contributed by atoms with Crippen LogP contribution in [0.3, 0.4) is 0 Å². The van der Waals surface area contributed by atoms with Crippen molar-refractivity contribution in [2.75, 3.05) is 19.0 Å². The molecule has 0 aliphatic rings. The van der Waals surface area contributed by atoms with Crippen molar-refractivity contribution in [1.82, 2.24) is 0 Å². The van der Waals surface area contributed by atoms with Crippen LogP contribution in [-0.2, 0) is 9.53 Å². The normalized spacial score (nSPS) is 10.3. The van der Waals surface area contributed by atoms with E-state index in [0.717, 1.165) is 22.3 Å². The summed E-state index contributed by atoms with van der Waals surface area (Å²) in [5, 5.41) is 2.78. The minimum absolute atomic E-state index is 0.106. The van der Waals surface area contributed by atoms with E-state index < -0.39 is 5.97 Å². The fraction of sp³-hybridized carbons (Fsp3) is 0.300. The van der Waals surface area contributed by atoms with Crippen molar-refractivity contribution in [3.05, 3.63) is 58.1 Å². The number of esters is 1. The van der Waals surface area contributed by atoms with E-state index >= 15 is 0 Å². The van der Waals surface area contributed by atoms with E-state index in [0.29, 0.717) is 17.0 Å². The van der Waals surface area contributed by atoms with Crippen LogP contribution in [0.4, 0.5) is 5.69 Å². The molecule has 2 aromatic carbocycles. The van der Waals surface area contributed by atoms with Crippen LogP contribution in [0, 0.1) is 27.7 Å². The largest absolute Gasteiger partial charge is 0.483 e. The van der Waals surface area contributed by atoms with E-state index in [1.807, 2.05) is 33.8 Å². The number of anilines is 1. The zero-order valence-electron chi connectivity index (χ0n) is 15.2. The summed E-state index contributed by atoms with van der Waals surface area (Å²) in [6.07, 6.45) is 0. The van der Waals surface area contributed by atoms with Gasteiger partial charge >= 0.3 is 5.97 Å². The lowest BCUT2D eigenvalue weighted by atomic mass is 10.1. The Kier molecular flexibility index (Phi) is 5.80. The lowest BCUT2D eigenvalue weighted by Crippen LogP contribution is -2.21. The maximum atomic E-state index is 12.2. The Morgan fingerprint density at radius 2 is 1.72 bits per heavy atom. The number of carbonyl (C=O) groups is 2. The van der Waals surface area contributed by atoms with E-state index in [9.17, 15) is 9.59 Å². The second-order valence-corrected chi connectivity index (χ2v) is 6.06. The predicted octanol–water partition coefficient (Wildman–Crippen LogP) is 3.72. The van der Waals surface area contributed by atoms with Gasteiger partial charge in [-0.25, -0.2) is 4.79 Å². The first-order chi connectivity index (χ1) is 11.8. The van der Waals surface area contributed by atoms with E-state index in [1.54, 1.807) is 18.2 Å². The fourth-order valence-corrected chi connectivity index (χ4v) is 2.48. The highest BCUT2D eigenvalue weighted by Crippen LogP contribution is 2.23. The molecule has 2 aromatic rings. The van der Waals surface area contributed by atoms with Gasteiger partial charge < -0.3 is 14.8 Å². The minimum Gasteiger partial charge on any atom is -0.483 e. The minimum atomic E-state index is -0.447. The number of nitrogens with one attached hydrogen (secondary N) is 1. The van der Waals surface area contributed by atoms with Gasteiger partial charge in [-0.15, -0.1) is 0 Å². The van der Waals surface area contributed by atoms with Gasteiger partial charge in [0.25, 0.3) is 5.91 Å². The molecule has 0 heterocycles. The lowest BCUT2D eigenvalue weighted by molar-refractivity contribution is -0.118. The zero-order chi connectivity index (χ0) is 18.6. The molecule has 0 radical (unpaired) electrons. The third kappa shape index (κ3) is 4.59. The molecule has 132 valence electrons. The van der Waals surface area contributed by atoms with Crippen LogP contribution in [0.15, 0.2) is 30.3 Å². The molecule has 0 saturated carbocycles. The van der Waals surface area contributed by atoms with Crippen molar-refractivity contribution in [3.63, 3.8) is 0 Å². The Bertz CT molecular complexity index is 812. The molecule has 0 aromatic heterocycles. The molecule has 2 rings (SSSR count).